The lowest BCUT2D eigenvalue weighted by Gasteiger charge is -2.24. The molecule has 0 atom stereocenters. The summed E-state index contributed by atoms with van der Waals surface area (Å²) in [5, 5.41) is 0.993. The van der Waals surface area contributed by atoms with Crippen LogP contribution in [0.3, 0.4) is 0 Å². The lowest BCUT2D eigenvalue weighted by Crippen LogP contribution is -2.31. The summed E-state index contributed by atoms with van der Waals surface area (Å²) in [4.78, 5) is 18.7. The standard InChI is InChI=1S/C24H21F2N3O3/c25-7-10-28-8-6-22-21(14-28)20-4-3-18(11-23(20)32-22)29-9-5-19(12-24(29)30)31-15-17-2-1-16(26)13-27-17/h1-5,9,11-13H,6-8,10,14-15H2. The van der Waals surface area contributed by atoms with Gasteiger partial charge in [-0.25, -0.2) is 8.78 Å². The number of hydrogen-bond donors (Lipinski definition) is 0. The summed E-state index contributed by atoms with van der Waals surface area (Å²) < 4.78 is 38.8. The molecule has 164 valence electrons. The largest absolute Gasteiger partial charge is 0.487 e. The molecule has 1 aromatic carbocycles. The Bertz CT molecular complexity index is 1310. The zero-order valence-electron chi connectivity index (χ0n) is 17.3. The Morgan fingerprint density at radius 3 is 2.84 bits per heavy atom. The molecule has 0 unspecified atom stereocenters. The first-order valence-corrected chi connectivity index (χ1v) is 10.4. The summed E-state index contributed by atoms with van der Waals surface area (Å²) in [6.07, 6.45) is 3.51. The van der Waals surface area contributed by atoms with Crippen molar-refractivity contribution < 1.29 is 17.9 Å². The molecule has 0 radical (unpaired) electrons. The lowest BCUT2D eigenvalue weighted by atomic mass is 10.0. The molecule has 0 bridgehead atoms. The highest BCUT2D eigenvalue weighted by molar-refractivity contribution is 5.84. The van der Waals surface area contributed by atoms with Crippen molar-refractivity contribution in [1.29, 1.82) is 0 Å². The third-order valence-electron chi connectivity index (χ3n) is 5.64. The summed E-state index contributed by atoms with van der Waals surface area (Å²) in [5.41, 5.74) is 2.80. The van der Waals surface area contributed by atoms with E-state index in [1.165, 1.54) is 22.8 Å². The summed E-state index contributed by atoms with van der Waals surface area (Å²) in [6, 6.07) is 11.6. The van der Waals surface area contributed by atoms with Crippen molar-refractivity contribution in [3.8, 4) is 11.4 Å². The number of alkyl halides is 1. The number of halogens is 2. The van der Waals surface area contributed by atoms with Crippen LogP contribution in [0.25, 0.3) is 16.7 Å². The van der Waals surface area contributed by atoms with Crippen LogP contribution in [-0.2, 0) is 19.6 Å². The second-order valence-corrected chi connectivity index (χ2v) is 7.73. The predicted molar refractivity (Wildman–Crippen MR) is 115 cm³/mol. The molecule has 6 nitrogen and oxygen atoms in total. The van der Waals surface area contributed by atoms with Crippen LogP contribution in [0.2, 0.25) is 0 Å². The third-order valence-corrected chi connectivity index (χ3v) is 5.64. The van der Waals surface area contributed by atoms with Gasteiger partial charge >= 0.3 is 0 Å². The molecule has 0 fully saturated rings. The minimum absolute atomic E-state index is 0.132. The van der Waals surface area contributed by atoms with Crippen LogP contribution >= 0.6 is 0 Å². The van der Waals surface area contributed by atoms with Crippen LogP contribution in [0.5, 0.6) is 5.75 Å². The van der Waals surface area contributed by atoms with Crippen molar-refractivity contribution >= 4 is 11.0 Å². The van der Waals surface area contributed by atoms with Gasteiger partial charge in [-0.3, -0.25) is 19.2 Å². The van der Waals surface area contributed by atoms with Crippen molar-refractivity contribution in [1.82, 2.24) is 14.5 Å². The van der Waals surface area contributed by atoms with Crippen molar-refractivity contribution in [2.24, 2.45) is 0 Å². The first-order chi connectivity index (χ1) is 15.6. The number of hydrogen-bond acceptors (Lipinski definition) is 5. The number of fused-ring (bicyclic) bond motifs is 3. The summed E-state index contributed by atoms with van der Waals surface area (Å²) >= 11 is 0. The monoisotopic (exact) mass is 437 g/mol. The second kappa shape index (κ2) is 8.55. The number of rotatable bonds is 6. The van der Waals surface area contributed by atoms with Gasteiger partial charge in [0.1, 0.15) is 36.2 Å². The molecule has 4 heterocycles. The molecule has 4 aromatic rings. The SMILES string of the molecule is O=c1cc(OCc2ccc(F)cn2)ccn1-c1ccc2c3c(oc2c1)CCN(CCF)C3. The maximum absolute atomic E-state index is 13.0. The molecular weight excluding hydrogens is 416 g/mol. The third kappa shape index (κ3) is 4.01. The average molecular weight is 437 g/mol. The van der Waals surface area contributed by atoms with Crippen LogP contribution in [0.4, 0.5) is 8.78 Å². The molecule has 0 spiro atoms. The van der Waals surface area contributed by atoms with Gasteiger partial charge in [0.05, 0.1) is 17.6 Å². The first-order valence-electron chi connectivity index (χ1n) is 10.4. The van der Waals surface area contributed by atoms with Crippen molar-refractivity contribution in [3.05, 3.63) is 88.0 Å². The van der Waals surface area contributed by atoms with Gasteiger partial charge in [0.2, 0.25) is 0 Å². The van der Waals surface area contributed by atoms with Crippen LogP contribution in [-0.4, -0.2) is 34.2 Å². The number of ether oxygens (including phenoxy) is 1. The van der Waals surface area contributed by atoms with Crippen LogP contribution < -0.4 is 10.3 Å². The van der Waals surface area contributed by atoms with E-state index in [0.717, 1.165) is 35.9 Å². The Morgan fingerprint density at radius 2 is 2.06 bits per heavy atom. The Kier molecular flexibility index (Phi) is 5.45. The zero-order chi connectivity index (χ0) is 22.1. The van der Waals surface area contributed by atoms with Crippen LogP contribution in [0.15, 0.2) is 64.1 Å². The van der Waals surface area contributed by atoms with Crippen molar-refractivity contribution in [2.45, 2.75) is 19.6 Å². The van der Waals surface area contributed by atoms with Gasteiger partial charge in [-0.15, -0.1) is 0 Å². The average Bonchev–Trinajstić information content (AvgIpc) is 3.16. The van der Waals surface area contributed by atoms with E-state index >= 15 is 0 Å². The number of pyridine rings is 2. The van der Waals surface area contributed by atoms with Gasteiger partial charge in [0.25, 0.3) is 5.56 Å². The molecule has 1 aliphatic heterocycles. The summed E-state index contributed by atoms with van der Waals surface area (Å²) in [6.45, 7) is 1.63. The molecule has 0 saturated carbocycles. The van der Waals surface area contributed by atoms with E-state index in [9.17, 15) is 13.6 Å². The van der Waals surface area contributed by atoms with Crippen molar-refractivity contribution in [3.63, 3.8) is 0 Å². The van der Waals surface area contributed by atoms with Gasteiger partial charge in [-0.1, -0.05) is 0 Å². The second-order valence-electron chi connectivity index (χ2n) is 7.73. The van der Waals surface area contributed by atoms with Gasteiger partial charge < -0.3 is 9.15 Å². The molecule has 0 saturated heterocycles. The van der Waals surface area contributed by atoms with E-state index in [1.807, 2.05) is 18.2 Å². The van der Waals surface area contributed by atoms with Crippen LogP contribution in [0, 0.1) is 5.82 Å². The van der Waals surface area contributed by atoms with Crippen LogP contribution in [0.1, 0.15) is 17.0 Å². The Morgan fingerprint density at radius 1 is 1.16 bits per heavy atom. The first kappa shape index (κ1) is 20.4. The van der Waals surface area contributed by atoms with E-state index in [1.54, 1.807) is 12.3 Å². The fraction of sp³-hybridized carbons (Fsp3) is 0.250. The smallest absolute Gasteiger partial charge is 0.258 e. The molecule has 5 rings (SSSR count). The van der Waals surface area contributed by atoms with Crippen molar-refractivity contribution in [2.75, 3.05) is 19.8 Å². The topological polar surface area (TPSA) is 60.5 Å². The molecule has 0 amide bonds. The van der Waals surface area contributed by atoms with Gasteiger partial charge in [0, 0.05) is 55.3 Å². The predicted octanol–water partition coefficient (Wildman–Crippen LogP) is 4.02. The highest BCUT2D eigenvalue weighted by Crippen LogP contribution is 2.31. The highest BCUT2D eigenvalue weighted by atomic mass is 19.1. The number of furan rings is 1. The fourth-order valence-corrected chi connectivity index (χ4v) is 4.00. The molecular formula is C24H21F2N3O3. The maximum Gasteiger partial charge on any atom is 0.258 e. The normalized spacial score (nSPS) is 13.9. The summed E-state index contributed by atoms with van der Waals surface area (Å²) in [7, 11) is 0. The Balaban J connectivity index is 1.37. The van der Waals surface area contributed by atoms with E-state index in [-0.39, 0.29) is 18.8 Å². The van der Waals surface area contributed by atoms with E-state index in [0.29, 0.717) is 35.8 Å². The highest BCUT2D eigenvalue weighted by Gasteiger charge is 2.22. The Hall–Kier alpha value is -3.52. The molecule has 0 aliphatic carbocycles. The number of nitrogens with zero attached hydrogens (tertiary/aromatic N) is 3. The number of aromatic nitrogens is 2. The number of benzene rings is 1. The lowest BCUT2D eigenvalue weighted by molar-refractivity contribution is 0.223. The summed E-state index contributed by atoms with van der Waals surface area (Å²) in [5.74, 6) is 0.917. The van der Waals surface area contributed by atoms with E-state index in [4.69, 9.17) is 9.15 Å². The van der Waals surface area contributed by atoms with E-state index in [2.05, 4.69) is 9.88 Å². The van der Waals surface area contributed by atoms with Gasteiger partial charge in [-0.05, 0) is 30.3 Å². The molecule has 3 aromatic heterocycles. The molecule has 32 heavy (non-hydrogen) atoms. The maximum atomic E-state index is 13.0. The van der Waals surface area contributed by atoms with E-state index < -0.39 is 5.82 Å². The minimum Gasteiger partial charge on any atom is -0.487 e. The quantitative estimate of drug-likeness (QED) is 0.456. The fourth-order valence-electron chi connectivity index (χ4n) is 4.00. The Labute approximate surface area is 182 Å². The van der Waals surface area contributed by atoms with Gasteiger partial charge in [0.15, 0.2) is 0 Å². The zero-order valence-corrected chi connectivity index (χ0v) is 17.3. The molecule has 1 aliphatic rings. The minimum atomic E-state index is -0.414. The molecule has 8 heteroatoms. The van der Waals surface area contributed by atoms with Gasteiger partial charge in [-0.2, -0.15) is 0 Å². The molecule has 0 N–H and O–H groups in total.